The number of aromatic amines is 1. The Morgan fingerprint density at radius 3 is 2.40 bits per heavy atom. The predicted octanol–water partition coefficient (Wildman–Crippen LogP) is 3.75. The fourth-order valence-corrected chi connectivity index (χ4v) is 7.32. The molecule has 0 saturated carbocycles. The van der Waals surface area contributed by atoms with Gasteiger partial charge in [-0.05, 0) is 51.6 Å². The van der Waals surface area contributed by atoms with Gasteiger partial charge in [0.05, 0.1) is 23.6 Å². The van der Waals surface area contributed by atoms with Crippen LogP contribution < -0.4 is 11.1 Å². The molecule has 0 radical (unpaired) electrons. The van der Waals surface area contributed by atoms with Crippen LogP contribution in [-0.4, -0.2) is 27.1 Å². The van der Waals surface area contributed by atoms with Gasteiger partial charge in [0.2, 0.25) is 5.69 Å². The molecule has 2 rings (SSSR count). The summed E-state index contributed by atoms with van der Waals surface area (Å²) in [4.78, 5) is 12.0. The third-order valence-electron chi connectivity index (χ3n) is 2.79. The molecule has 0 bridgehead atoms. The largest absolute Gasteiger partial charge is 0.362 e. The summed E-state index contributed by atoms with van der Waals surface area (Å²) in [6.07, 6.45) is -0.0817. The highest BCUT2D eigenvalue weighted by atomic mass is 32.9. The van der Waals surface area contributed by atoms with Crippen molar-refractivity contribution >= 4 is 34.6 Å². The number of anilines is 1. The molecule has 25 heavy (non-hydrogen) atoms. The average Bonchev–Trinajstić information content (AvgIpc) is 2.85. The number of hydrogen-bond acceptors (Lipinski definition) is 7. The molecule has 2 aromatic rings. The van der Waals surface area contributed by atoms with Gasteiger partial charge in [-0.25, -0.2) is 9.89 Å². The molecule has 10 heteroatoms. The molecule has 0 aliphatic heterocycles. The minimum Gasteiger partial charge on any atom is -0.319 e. The lowest BCUT2D eigenvalue weighted by molar-refractivity contribution is 0.186. The van der Waals surface area contributed by atoms with Crippen LogP contribution in [0.25, 0.3) is 0 Å². The average molecular weight is 402 g/mol. The van der Waals surface area contributed by atoms with Crippen molar-refractivity contribution in [3.63, 3.8) is 0 Å². The van der Waals surface area contributed by atoms with Crippen LogP contribution in [0.15, 0.2) is 35.1 Å². The highest BCUT2D eigenvalue weighted by molar-refractivity contribution is 8.67. The number of nitrogens with zero attached hydrogens (tertiary/aromatic N) is 2. The highest BCUT2D eigenvalue weighted by Crippen LogP contribution is 2.63. The summed E-state index contributed by atoms with van der Waals surface area (Å²) in [7, 11) is 0. The fraction of sp³-hybridized carbons (Fsp3) is 0.467. The maximum Gasteiger partial charge on any atom is 0.362 e. The van der Waals surface area contributed by atoms with Gasteiger partial charge in [-0.15, -0.1) is 0 Å². The van der Waals surface area contributed by atoms with E-state index in [1.807, 2.05) is 58.0 Å². The molecule has 1 aromatic heterocycles. The maximum absolute atomic E-state index is 12.0. The van der Waals surface area contributed by atoms with E-state index in [-0.39, 0.29) is 17.9 Å². The van der Waals surface area contributed by atoms with Crippen LogP contribution in [-0.2, 0) is 26.6 Å². The Morgan fingerprint density at radius 2 is 1.84 bits per heavy atom. The lowest BCUT2D eigenvalue weighted by Gasteiger charge is -2.25. The quantitative estimate of drug-likeness (QED) is 0.618. The molecule has 0 saturated heterocycles. The monoisotopic (exact) mass is 402 g/mol. The molecule has 0 amide bonds. The van der Waals surface area contributed by atoms with Gasteiger partial charge in [0.15, 0.2) is 5.82 Å². The summed E-state index contributed by atoms with van der Waals surface area (Å²) in [6, 6.07) is 9.40. The van der Waals surface area contributed by atoms with E-state index in [9.17, 15) is 4.79 Å². The second-order valence-electron chi connectivity index (χ2n) is 5.79. The zero-order chi connectivity index (χ0) is 18.4. The minimum atomic E-state index is -2.54. The first-order chi connectivity index (χ1) is 11.8. The summed E-state index contributed by atoms with van der Waals surface area (Å²) in [5.74, 6) is 0.905. The molecular formula is C15H23N4O3PS2. The lowest BCUT2D eigenvalue weighted by Crippen LogP contribution is -2.25. The second kappa shape index (κ2) is 9.00. The molecule has 2 N–H and O–H groups in total. The molecule has 138 valence electrons. The van der Waals surface area contributed by atoms with Crippen molar-refractivity contribution in [1.29, 1.82) is 0 Å². The predicted molar refractivity (Wildman–Crippen MR) is 106 cm³/mol. The third-order valence-corrected chi connectivity index (χ3v) is 8.17. The minimum absolute atomic E-state index is 0.0408. The normalized spacial score (nSPS) is 12.1. The Morgan fingerprint density at radius 1 is 1.24 bits per heavy atom. The summed E-state index contributed by atoms with van der Waals surface area (Å²) in [5.41, 5.74) is 0.936. The summed E-state index contributed by atoms with van der Waals surface area (Å²) < 4.78 is 13.1. The summed E-state index contributed by atoms with van der Waals surface area (Å²) in [5, 5.41) is 6.53. The summed E-state index contributed by atoms with van der Waals surface area (Å²) in [6.45, 7) is 7.69. The molecule has 0 aliphatic rings. The van der Waals surface area contributed by atoms with Crippen LogP contribution in [0.5, 0.6) is 0 Å². The van der Waals surface area contributed by atoms with Crippen LogP contribution in [0.3, 0.4) is 0 Å². The smallest absolute Gasteiger partial charge is 0.319 e. The summed E-state index contributed by atoms with van der Waals surface area (Å²) >= 11 is 6.99. The molecule has 7 nitrogen and oxygen atoms in total. The molecule has 0 unspecified atom stereocenters. The van der Waals surface area contributed by atoms with Crippen molar-refractivity contribution in [3.8, 4) is 0 Å². The van der Waals surface area contributed by atoms with E-state index in [2.05, 4.69) is 15.6 Å². The van der Waals surface area contributed by atoms with Crippen molar-refractivity contribution in [2.24, 2.45) is 0 Å². The fourth-order valence-electron chi connectivity index (χ4n) is 1.92. The third kappa shape index (κ3) is 6.27. The Bertz CT molecular complexity index is 763. The van der Waals surface area contributed by atoms with Crippen molar-refractivity contribution in [2.75, 3.05) is 5.43 Å². The van der Waals surface area contributed by atoms with Gasteiger partial charge in [-0.2, -0.15) is 9.77 Å². The topological polar surface area (TPSA) is 81.2 Å². The highest BCUT2D eigenvalue weighted by Gasteiger charge is 2.25. The van der Waals surface area contributed by atoms with Gasteiger partial charge in [0.25, 0.3) is 0 Å². The van der Waals surface area contributed by atoms with Gasteiger partial charge in [-0.3, -0.25) is 5.43 Å². The van der Waals surface area contributed by atoms with Gasteiger partial charge >= 0.3 is 5.69 Å². The van der Waals surface area contributed by atoms with E-state index < -0.39 is 5.69 Å². The second-order valence-corrected chi connectivity index (χ2v) is 12.0. The zero-order valence-corrected chi connectivity index (χ0v) is 17.2. The first kappa shape index (κ1) is 20.2. The Balaban J connectivity index is 2.14. The van der Waals surface area contributed by atoms with E-state index in [0.29, 0.717) is 11.6 Å². The van der Waals surface area contributed by atoms with E-state index in [1.165, 1.54) is 16.1 Å². The Kier molecular flexibility index (Phi) is 7.27. The standard InChI is InChI=1S/C15H23N4O3PS2/c1-11(2)21-23(24,22-12(3)4)25-10-14-16-17-15(20)19(14)18-13-8-6-5-7-9-13/h5-9,11-12,18H,10H2,1-4H3,(H,17,20). The SMILES string of the molecule is CC(C)OP(=S)(OC(C)C)SCc1n[nH]c(=O)n1Nc1ccccc1. The van der Waals surface area contributed by atoms with Gasteiger partial charge in [-0.1, -0.05) is 29.6 Å². The van der Waals surface area contributed by atoms with Crippen LogP contribution >= 0.6 is 17.1 Å². The van der Waals surface area contributed by atoms with E-state index >= 15 is 0 Å². The molecular weight excluding hydrogens is 379 g/mol. The van der Waals surface area contributed by atoms with Crippen molar-refractivity contribution in [1.82, 2.24) is 14.9 Å². The zero-order valence-electron chi connectivity index (χ0n) is 14.6. The number of nitrogens with one attached hydrogen (secondary N) is 2. The van der Waals surface area contributed by atoms with Crippen LogP contribution in [0.1, 0.15) is 33.5 Å². The first-order valence-corrected chi connectivity index (χ1v) is 12.1. The van der Waals surface area contributed by atoms with Crippen molar-refractivity contribution < 1.29 is 9.05 Å². The van der Waals surface area contributed by atoms with E-state index in [1.54, 1.807) is 0 Å². The molecule has 1 heterocycles. The number of hydrogen-bond donors (Lipinski definition) is 2. The number of rotatable bonds is 9. The number of benzene rings is 1. The van der Waals surface area contributed by atoms with Gasteiger partial charge < -0.3 is 9.05 Å². The van der Waals surface area contributed by atoms with Crippen molar-refractivity contribution in [2.45, 2.75) is 45.7 Å². The molecule has 1 aromatic carbocycles. The lowest BCUT2D eigenvalue weighted by atomic mass is 10.3. The number of aromatic nitrogens is 3. The Labute approximate surface area is 156 Å². The molecule has 0 atom stereocenters. The van der Waals surface area contributed by atoms with E-state index in [0.717, 1.165) is 5.69 Å². The molecule has 0 spiro atoms. The van der Waals surface area contributed by atoms with Gasteiger partial charge in [0, 0.05) is 0 Å². The van der Waals surface area contributed by atoms with Crippen LogP contribution in [0.4, 0.5) is 5.69 Å². The number of para-hydroxylation sites is 1. The van der Waals surface area contributed by atoms with Crippen LogP contribution in [0.2, 0.25) is 0 Å². The van der Waals surface area contributed by atoms with Crippen LogP contribution in [0, 0.1) is 0 Å². The Hall–Kier alpha value is -1.12. The van der Waals surface area contributed by atoms with Gasteiger partial charge in [0.1, 0.15) is 0 Å². The first-order valence-electron chi connectivity index (χ1n) is 7.89. The maximum atomic E-state index is 12.0. The molecule has 0 fully saturated rings. The van der Waals surface area contributed by atoms with E-state index in [4.69, 9.17) is 20.9 Å². The number of H-pyrrole nitrogens is 1. The van der Waals surface area contributed by atoms with Crippen molar-refractivity contribution in [3.05, 3.63) is 46.6 Å². The molecule has 0 aliphatic carbocycles.